The van der Waals surface area contributed by atoms with E-state index in [-0.39, 0.29) is 33.7 Å². The van der Waals surface area contributed by atoms with Crippen molar-refractivity contribution in [2.24, 2.45) is 9.98 Å². The highest BCUT2D eigenvalue weighted by molar-refractivity contribution is 7.26. The van der Waals surface area contributed by atoms with E-state index >= 15 is 0 Å². The topological polar surface area (TPSA) is 156 Å². The van der Waals surface area contributed by atoms with Gasteiger partial charge in [0.05, 0.1) is 9.75 Å². The molecule has 11 nitrogen and oxygen atoms in total. The molecule has 5 rings (SSSR count). The molecule has 0 aliphatic carbocycles. The molecule has 2 aromatic rings. The Morgan fingerprint density at radius 1 is 0.775 bits per heavy atom. The van der Waals surface area contributed by atoms with Crippen LogP contribution in [0.15, 0.2) is 44.4 Å². The second-order valence-electron chi connectivity index (χ2n) is 9.70. The summed E-state index contributed by atoms with van der Waals surface area (Å²) in [4.78, 5) is 62.6. The number of fused-ring (bicyclic) bond motifs is 3. The third-order valence-electron chi connectivity index (χ3n) is 6.80. The van der Waals surface area contributed by atoms with Crippen LogP contribution in [0.3, 0.4) is 0 Å². The molecule has 0 saturated heterocycles. The number of nitriles is 2. The molecular formula is C27H20N6O5S2. The second-order valence-corrected chi connectivity index (χ2v) is 11.8. The molecule has 4 amide bonds. The van der Waals surface area contributed by atoms with Crippen molar-refractivity contribution in [1.29, 1.82) is 10.5 Å². The first-order valence-corrected chi connectivity index (χ1v) is 13.5. The van der Waals surface area contributed by atoms with E-state index in [0.717, 1.165) is 25.1 Å². The molecule has 0 aromatic carbocycles. The smallest absolute Gasteiger partial charge is 0.279 e. The van der Waals surface area contributed by atoms with Crippen molar-refractivity contribution < 1.29 is 23.9 Å². The van der Waals surface area contributed by atoms with Gasteiger partial charge in [0.1, 0.15) is 56.1 Å². The molecule has 0 spiro atoms. The van der Waals surface area contributed by atoms with E-state index in [2.05, 4.69) is 9.98 Å². The van der Waals surface area contributed by atoms with Gasteiger partial charge in [-0.25, -0.2) is 9.98 Å². The van der Waals surface area contributed by atoms with Crippen LogP contribution >= 0.6 is 22.7 Å². The zero-order valence-corrected chi connectivity index (χ0v) is 23.8. The molecule has 3 aliphatic rings. The maximum absolute atomic E-state index is 12.8. The predicted molar refractivity (Wildman–Crippen MR) is 148 cm³/mol. The number of amides is 4. The number of ether oxygens (including phenoxy) is 1. The van der Waals surface area contributed by atoms with Gasteiger partial charge in [-0.05, 0) is 33.8 Å². The van der Waals surface area contributed by atoms with Gasteiger partial charge in [0.2, 0.25) is 0 Å². The lowest BCUT2D eigenvalue weighted by Crippen LogP contribution is -2.44. The van der Waals surface area contributed by atoms with Crippen molar-refractivity contribution in [3.05, 3.63) is 40.0 Å². The van der Waals surface area contributed by atoms with E-state index in [0.29, 0.717) is 15.8 Å². The number of carbonyl (C=O) groups is 4. The largest absolute Gasteiger partial charge is 0.481 e. The minimum Gasteiger partial charge on any atom is -0.481 e. The number of likely N-dealkylation sites (N-methyl/N-ethyl adjacent to an activating group) is 2. The Labute approximate surface area is 236 Å². The summed E-state index contributed by atoms with van der Waals surface area (Å²) in [5.74, 6) is -2.00. The van der Waals surface area contributed by atoms with Gasteiger partial charge >= 0.3 is 0 Å². The number of carbonyl (C=O) groups excluding carboxylic acids is 4. The number of thiophene rings is 2. The molecule has 0 saturated carbocycles. The molecule has 3 aliphatic heterocycles. The van der Waals surface area contributed by atoms with E-state index < -0.39 is 29.2 Å². The van der Waals surface area contributed by atoms with Gasteiger partial charge in [-0.3, -0.25) is 29.0 Å². The summed E-state index contributed by atoms with van der Waals surface area (Å²) in [6.07, 6.45) is 0. The Balaban J connectivity index is 1.62. The lowest BCUT2D eigenvalue weighted by molar-refractivity contribution is -0.138. The van der Waals surface area contributed by atoms with Crippen LogP contribution in [0, 0.1) is 22.7 Å². The molecule has 0 radical (unpaired) electrons. The molecule has 40 heavy (non-hydrogen) atoms. The van der Waals surface area contributed by atoms with Gasteiger partial charge in [0, 0.05) is 36.9 Å². The van der Waals surface area contributed by atoms with Crippen LogP contribution < -0.4 is 4.74 Å². The second kappa shape index (κ2) is 9.19. The van der Waals surface area contributed by atoms with E-state index in [1.54, 1.807) is 6.07 Å². The zero-order valence-electron chi connectivity index (χ0n) is 22.2. The van der Waals surface area contributed by atoms with Crippen LogP contribution in [0.25, 0.3) is 9.75 Å². The predicted octanol–water partition coefficient (Wildman–Crippen LogP) is 3.93. The summed E-state index contributed by atoms with van der Waals surface area (Å²) >= 11 is 2.58. The minimum atomic E-state index is -0.772. The summed E-state index contributed by atoms with van der Waals surface area (Å²) in [5, 5.41) is 19.8. The zero-order chi connectivity index (χ0) is 29.3. The number of rotatable bonds is 2. The first kappa shape index (κ1) is 26.9. The average Bonchev–Trinajstić information content (AvgIpc) is 3.51. The van der Waals surface area contributed by atoms with Gasteiger partial charge < -0.3 is 4.74 Å². The van der Waals surface area contributed by atoms with E-state index in [4.69, 9.17) is 4.74 Å². The van der Waals surface area contributed by atoms with Crippen molar-refractivity contribution in [1.82, 2.24) is 9.80 Å². The lowest BCUT2D eigenvalue weighted by Gasteiger charge is -2.30. The number of aliphatic imine (C=N–C) groups is 2. The lowest BCUT2D eigenvalue weighted by atomic mass is 9.95. The van der Waals surface area contributed by atoms with Crippen LogP contribution in [0.4, 0.5) is 10.0 Å². The van der Waals surface area contributed by atoms with Crippen LogP contribution in [-0.2, 0) is 24.8 Å². The average molecular weight is 573 g/mol. The number of hydrogen-bond donors (Lipinski definition) is 0. The van der Waals surface area contributed by atoms with Gasteiger partial charge in [0.25, 0.3) is 23.6 Å². The van der Waals surface area contributed by atoms with Crippen molar-refractivity contribution in [3.8, 4) is 27.6 Å². The molecule has 0 unspecified atom stereocenters. The quantitative estimate of drug-likeness (QED) is 0.494. The summed E-state index contributed by atoms with van der Waals surface area (Å²) in [7, 11) is 2.61. The van der Waals surface area contributed by atoms with E-state index in [1.165, 1.54) is 50.6 Å². The first-order valence-electron chi connectivity index (χ1n) is 11.8. The van der Waals surface area contributed by atoms with Gasteiger partial charge in [-0.2, -0.15) is 10.5 Å². The van der Waals surface area contributed by atoms with Crippen LogP contribution in [0.2, 0.25) is 0 Å². The molecule has 0 atom stereocenters. The summed E-state index contributed by atoms with van der Waals surface area (Å²) < 4.78 is 6.27. The fraction of sp³-hybridized carbons (Fsp3) is 0.259. The summed E-state index contributed by atoms with van der Waals surface area (Å²) in [6.45, 7) is 6.81. The molecule has 200 valence electrons. The monoisotopic (exact) mass is 572 g/mol. The van der Waals surface area contributed by atoms with Crippen molar-refractivity contribution in [2.75, 3.05) is 14.1 Å². The highest BCUT2D eigenvalue weighted by Gasteiger charge is 2.39. The number of hydrogen-bond acceptors (Lipinski definition) is 11. The normalized spacial score (nSPS) is 20.6. The highest BCUT2D eigenvalue weighted by atomic mass is 32.1. The Hall–Kier alpha value is -4.72. The Morgan fingerprint density at radius 3 is 1.70 bits per heavy atom. The van der Waals surface area contributed by atoms with E-state index in [9.17, 15) is 29.7 Å². The standard InChI is InChI=1S/C27H20N6O5S2/c1-11-13(9-28)23(34)32(5)25(36)19(11)30-17-7-15-21(39-17)22-16(38-27(15,3)4)8-18(40-22)31-20-12(2)14(10-29)24(35)33(6)26(20)37/h7-8H,1-6H3. The van der Waals surface area contributed by atoms with Gasteiger partial charge in [-0.1, -0.05) is 0 Å². The molecule has 2 aromatic heterocycles. The Bertz CT molecular complexity index is 1800. The Morgan fingerprint density at radius 2 is 1.23 bits per heavy atom. The molecular weight excluding hydrogens is 552 g/mol. The molecule has 0 N–H and O–H groups in total. The molecule has 13 heteroatoms. The van der Waals surface area contributed by atoms with E-state index in [1.807, 2.05) is 32.1 Å². The first-order chi connectivity index (χ1) is 18.8. The van der Waals surface area contributed by atoms with Crippen molar-refractivity contribution in [2.45, 2.75) is 33.3 Å². The summed E-state index contributed by atoms with van der Waals surface area (Å²) in [5.41, 5.74) is 0.209. The fourth-order valence-corrected chi connectivity index (χ4v) is 6.79. The van der Waals surface area contributed by atoms with Crippen LogP contribution in [0.1, 0.15) is 33.3 Å². The maximum atomic E-state index is 12.8. The fourth-order valence-electron chi connectivity index (χ4n) is 4.49. The number of imide groups is 2. The number of nitrogens with zero attached hydrogens (tertiary/aromatic N) is 6. The van der Waals surface area contributed by atoms with Gasteiger partial charge in [-0.15, -0.1) is 22.7 Å². The molecule has 0 bridgehead atoms. The van der Waals surface area contributed by atoms with Crippen molar-refractivity contribution >= 4 is 67.7 Å². The van der Waals surface area contributed by atoms with Crippen LogP contribution in [0.5, 0.6) is 5.75 Å². The van der Waals surface area contributed by atoms with Gasteiger partial charge in [0.15, 0.2) is 0 Å². The van der Waals surface area contributed by atoms with Crippen molar-refractivity contribution in [3.63, 3.8) is 0 Å². The van der Waals surface area contributed by atoms with Crippen LogP contribution in [-0.4, -0.2) is 58.9 Å². The third-order valence-corrected chi connectivity index (χ3v) is 9.01. The third kappa shape index (κ3) is 3.90. The minimum absolute atomic E-state index is 0.0000338. The maximum Gasteiger partial charge on any atom is 0.279 e. The summed E-state index contributed by atoms with van der Waals surface area (Å²) in [6, 6.07) is 7.22. The Kier molecular flexibility index (Phi) is 6.17. The molecule has 5 heterocycles. The SMILES string of the molecule is CC1=C(C#N)C(=O)N(C)C(=O)C1=Nc1cc2c(s1)-c1sc(N=C3C(=O)N(C)C(=O)C(C#N)=C3C)cc1C(C)(C)O2. The molecule has 0 fully saturated rings. The highest BCUT2D eigenvalue weighted by Crippen LogP contribution is 2.55.